The monoisotopic (exact) mass is 398 g/mol. The van der Waals surface area contributed by atoms with E-state index in [4.69, 9.17) is 17.0 Å². The Kier molecular flexibility index (Phi) is 7.73. The minimum absolute atomic E-state index is 0.0533. The fourth-order valence-electron chi connectivity index (χ4n) is 1.96. The number of benzene rings is 1. The van der Waals surface area contributed by atoms with Crippen LogP contribution in [-0.4, -0.2) is 57.7 Å². The number of nitrogens with one attached hydrogen (secondary N) is 1. The van der Waals surface area contributed by atoms with Crippen molar-refractivity contribution in [2.24, 2.45) is 0 Å². The van der Waals surface area contributed by atoms with Crippen LogP contribution in [0.25, 0.3) is 0 Å². The van der Waals surface area contributed by atoms with Gasteiger partial charge in [-0.2, -0.15) is 0 Å². The molecule has 0 unspecified atom stereocenters. The zero-order valence-corrected chi connectivity index (χ0v) is 16.0. The molecule has 2 amide bonds. The zero-order valence-electron chi connectivity index (χ0n) is 13.6. The Labute approximate surface area is 160 Å². The Hall–Kier alpha value is -1.58. The van der Waals surface area contributed by atoms with Crippen molar-refractivity contribution in [1.29, 1.82) is 0 Å². The van der Waals surface area contributed by atoms with Gasteiger partial charge in [0.1, 0.15) is 9.57 Å². The molecule has 0 bridgehead atoms. The number of thiocarbonyl (C=S) groups is 1. The van der Waals surface area contributed by atoms with Gasteiger partial charge in [-0.15, -0.1) is 11.8 Å². The van der Waals surface area contributed by atoms with Crippen LogP contribution >= 0.6 is 35.7 Å². The van der Waals surface area contributed by atoms with Gasteiger partial charge in [-0.25, -0.2) is 0 Å². The number of esters is 1. The molecule has 1 aromatic rings. The lowest BCUT2D eigenvalue weighted by atomic mass is 10.4. The number of hydrogen-bond donors (Lipinski definition) is 1. The lowest BCUT2D eigenvalue weighted by Gasteiger charge is -2.15. The number of hydrogen-bond acceptors (Lipinski definition) is 7. The van der Waals surface area contributed by atoms with Crippen molar-refractivity contribution in [3.8, 4) is 0 Å². The fraction of sp³-hybridized carbons (Fsp3) is 0.375. The van der Waals surface area contributed by atoms with E-state index >= 15 is 0 Å². The van der Waals surface area contributed by atoms with Crippen LogP contribution in [0, 0.1) is 0 Å². The van der Waals surface area contributed by atoms with Crippen LogP contribution in [0.2, 0.25) is 0 Å². The van der Waals surface area contributed by atoms with Crippen molar-refractivity contribution in [1.82, 2.24) is 10.2 Å². The Bertz CT molecular complexity index is 638. The Balaban J connectivity index is 1.64. The summed E-state index contributed by atoms with van der Waals surface area (Å²) in [5.41, 5.74) is 0. The maximum atomic E-state index is 11.9. The third kappa shape index (κ3) is 6.33. The first kappa shape index (κ1) is 19.7. The molecular formula is C16H18N2O4S3. The topological polar surface area (TPSA) is 75.7 Å². The molecule has 1 atom stereocenters. The summed E-state index contributed by atoms with van der Waals surface area (Å²) >= 11 is 7.73. The largest absolute Gasteiger partial charge is 0.455 e. The Morgan fingerprint density at radius 1 is 1.40 bits per heavy atom. The van der Waals surface area contributed by atoms with Crippen molar-refractivity contribution in [2.45, 2.75) is 17.1 Å². The smallest absolute Gasteiger partial charge is 0.319 e. The molecule has 0 saturated carbocycles. The minimum Gasteiger partial charge on any atom is -0.455 e. The molecule has 1 aliphatic heterocycles. The predicted octanol–water partition coefficient (Wildman–Crippen LogP) is 1.69. The summed E-state index contributed by atoms with van der Waals surface area (Å²) in [5, 5.41) is 2.20. The first-order valence-electron chi connectivity index (χ1n) is 7.59. The van der Waals surface area contributed by atoms with E-state index in [9.17, 15) is 14.4 Å². The van der Waals surface area contributed by atoms with Crippen molar-refractivity contribution in [3.05, 3.63) is 30.3 Å². The molecule has 1 fully saturated rings. The van der Waals surface area contributed by atoms with Crippen LogP contribution in [0.5, 0.6) is 0 Å². The maximum Gasteiger partial charge on any atom is 0.319 e. The first-order valence-corrected chi connectivity index (χ1v) is 9.87. The van der Waals surface area contributed by atoms with Gasteiger partial charge in [-0.3, -0.25) is 19.3 Å². The van der Waals surface area contributed by atoms with Crippen LogP contribution in [-0.2, 0) is 19.1 Å². The van der Waals surface area contributed by atoms with E-state index in [0.29, 0.717) is 16.6 Å². The summed E-state index contributed by atoms with van der Waals surface area (Å²) in [6.45, 7) is 1.98. The standard InChI is InChI=1S/C16H18N2O4S3/c1-11(25-12-5-3-2-4-6-12)15(21)22-9-13(19)17-7-8-18-14(20)10-24-16(18)23/h2-6,11H,7-10H2,1H3,(H,17,19)/t11-/m0/s1. The third-order valence-electron chi connectivity index (χ3n) is 3.23. The van der Waals surface area contributed by atoms with Gasteiger partial charge >= 0.3 is 5.97 Å². The molecule has 1 saturated heterocycles. The van der Waals surface area contributed by atoms with E-state index < -0.39 is 17.1 Å². The zero-order chi connectivity index (χ0) is 18.2. The van der Waals surface area contributed by atoms with Crippen LogP contribution in [0.3, 0.4) is 0 Å². The lowest BCUT2D eigenvalue weighted by Crippen LogP contribution is -2.39. The highest BCUT2D eigenvalue weighted by atomic mass is 32.2. The predicted molar refractivity (Wildman–Crippen MR) is 102 cm³/mol. The molecular weight excluding hydrogens is 380 g/mol. The van der Waals surface area contributed by atoms with Gasteiger partial charge < -0.3 is 10.1 Å². The molecule has 0 aliphatic carbocycles. The SMILES string of the molecule is C[C@H](Sc1ccccc1)C(=O)OCC(=O)NCCN1C(=O)CSC1=S. The lowest BCUT2D eigenvalue weighted by molar-refractivity contribution is -0.147. The molecule has 2 rings (SSSR count). The number of nitrogens with zero attached hydrogens (tertiary/aromatic N) is 1. The van der Waals surface area contributed by atoms with Crippen molar-refractivity contribution < 1.29 is 19.1 Å². The van der Waals surface area contributed by atoms with Crippen LogP contribution < -0.4 is 5.32 Å². The molecule has 134 valence electrons. The second-order valence-corrected chi connectivity index (χ2v) is 8.15. The van der Waals surface area contributed by atoms with Gasteiger partial charge in [0.25, 0.3) is 5.91 Å². The maximum absolute atomic E-state index is 11.9. The number of carbonyl (C=O) groups excluding carboxylic acids is 3. The van der Waals surface area contributed by atoms with E-state index in [1.807, 2.05) is 30.3 Å². The van der Waals surface area contributed by atoms with Crippen molar-refractivity contribution in [2.75, 3.05) is 25.4 Å². The van der Waals surface area contributed by atoms with Crippen LogP contribution in [0.1, 0.15) is 6.92 Å². The number of amides is 2. The van der Waals surface area contributed by atoms with Gasteiger partial charge in [0, 0.05) is 18.0 Å². The molecule has 9 heteroatoms. The van der Waals surface area contributed by atoms with E-state index in [-0.39, 0.29) is 19.1 Å². The summed E-state index contributed by atoms with van der Waals surface area (Å²) < 4.78 is 5.55. The second kappa shape index (κ2) is 9.79. The van der Waals surface area contributed by atoms with Crippen LogP contribution in [0.4, 0.5) is 0 Å². The average molecular weight is 399 g/mol. The second-order valence-electron chi connectivity index (χ2n) is 5.13. The number of carbonyl (C=O) groups is 3. The number of ether oxygens (including phenoxy) is 1. The molecule has 0 radical (unpaired) electrons. The normalized spacial score (nSPS) is 15.2. The van der Waals surface area contributed by atoms with E-state index in [2.05, 4.69) is 5.32 Å². The summed E-state index contributed by atoms with van der Waals surface area (Å²) in [4.78, 5) is 37.6. The third-order valence-corrected chi connectivity index (χ3v) is 5.75. The molecule has 1 heterocycles. The molecule has 1 N–H and O–H groups in total. The summed E-state index contributed by atoms with van der Waals surface area (Å²) in [7, 11) is 0. The summed E-state index contributed by atoms with van der Waals surface area (Å²) in [6.07, 6.45) is 0. The molecule has 25 heavy (non-hydrogen) atoms. The first-order chi connectivity index (χ1) is 12.0. The Morgan fingerprint density at radius 3 is 2.76 bits per heavy atom. The van der Waals surface area contributed by atoms with Gasteiger partial charge in [-0.1, -0.05) is 42.2 Å². The van der Waals surface area contributed by atoms with E-state index in [0.717, 1.165) is 4.90 Å². The quantitative estimate of drug-likeness (QED) is 0.406. The van der Waals surface area contributed by atoms with Crippen molar-refractivity contribution >= 4 is 57.8 Å². The molecule has 1 aliphatic rings. The molecule has 6 nitrogen and oxygen atoms in total. The summed E-state index contributed by atoms with van der Waals surface area (Å²) in [5.74, 6) is -0.560. The van der Waals surface area contributed by atoms with Gasteiger partial charge in [-0.05, 0) is 19.1 Å². The van der Waals surface area contributed by atoms with Gasteiger partial charge in [0.2, 0.25) is 5.91 Å². The number of rotatable bonds is 8. The fourth-order valence-corrected chi connectivity index (χ4v) is 3.97. The van der Waals surface area contributed by atoms with Crippen LogP contribution in [0.15, 0.2) is 35.2 Å². The van der Waals surface area contributed by atoms with E-state index in [1.54, 1.807) is 6.92 Å². The summed E-state index contributed by atoms with van der Waals surface area (Å²) in [6, 6.07) is 9.50. The Morgan fingerprint density at radius 2 is 2.12 bits per heavy atom. The van der Waals surface area contributed by atoms with Gasteiger partial charge in [0.15, 0.2) is 6.61 Å². The minimum atomic E-state index is -0.448. The van der Waals surface area contributed by atoms with Gasteiger partial charge in [0.05, 0.1) is 5.75 Å². The van der Waals surface area contributed by atoms with E-state index in [1.165, 1.54) is 28.4 Å². The molecule has 1 aromatic carbocycles. The highest BCUT2D eigenvalue weighted by molar-refractivity contribution is 8.23. The van der Waals surface area contributed by atoms with Crippen molar-refractivity contribution in [3.63, 3.8) is 0 Å². The highest BCUT2D eigenvalue weighted by Gasteiger charge is 2.26. The highest BCUT2D eigenvalue weighted by Crippen LogP contribution is 2.23. The molecule has 0 aromatic heterocycles. The molecule has 0 spiro atoms. The number of thioether (sulfide) groups is 2. The average Bonchev–Trinajstić information content (AvgIpc) is 2.92.